The highest BCUT2D eigenvalue weighted by Gasteiger charge is 2.17. The average molecular weight is 354 g/mol. The van der Waals surface area contributed by atoms with Gasteiger partial charge in [-0.1, -0.05) is 25.6 Å². The molecule has 0 aliphatic carbocycles. The van der Waals surface area contributed by atoms with E-state index in [1.807, 2.05) is 0 Å². The van der Waals surface area contributed by atoms with Gasteiger partial charge in [0.2, 0.25) is 5.88 Å². The SMILES string of the molecule is COCCOc1ncc2cncc(C(N)C#N)c2c1C#C[Si](C)(C)C. The van der Waals surface area contributed by atoms with E-state index in [1.165, 1.54) is 0 Å². The third-order valence-corrected chi connectivity index (χ3v) is 4.23. The Kier molecular flexibility index (Phi) is 6.10. The van der Waals surface area contributed by atoms with Crippen LogP contribution in [0.15, 0.2) is 18.6 Å². The number of nitrogens with two attached hydrogens (primary N) is 1. The van der Waals surface area contributed by atoms with Crippen molar-refractivity contribution in [2.45, 2.75) is 25.7 Å². The number of ether oxygens (including phenoxy) is 2. The third-order valence-electron chi connectivity index (χ3n) is 3.35. The molecule has 25 heavy (non-hydrogen) atoms. The lowest BCUT2D eigenvalue weighted by Crippen LogP contribution is -2.16. The Hall–Kier alpha value is -2.45. The minimum Gasteiger partial charge on any atom is -0.474 e. The summed E-state index contributed by atoms with van der Waals surface area (Å²) >= 11 is 0. The second-order valence-corrected chi connectivity index (χ2v) is 11.3. The highest BCUT2D eigenvalue weighted by atomic mass is 28.3. The Morgan fingerprint density at radius 2 is 2.00 bits per heavy atom. The van der Waals surface area contributed by atoms with Crippen LogP contribution in [0, 0.1) is 22.8 Å². The van der Waals surface area contributed by atoms with E-state index < -0.39 is 14.1 Å². The van der Waals surface area contributed by atoms with E-state index in [1.54, 1.807) is 25.7 Å². The van der Waals surface area contributed by atoms with E-state index in [2.05, 4.69) is 47.1 Å². The number of methoxy groups -OCH3 is 1. The third kappa shape index (κ3) is 4.77. The van der Waals surface area contributed by atoms with Gasteiger partial charge in [0.05, 0.1) is 18.2 Å². The van der Waals surface area contributed by atoms with Crippen molar-refractivity contribution in [2.24, 2.45) is 5.73 Å². The molecule has 7 heteroatoms. The molecule has 0 aromatic carbocycles. The van der Waals surface area contributed by atoms with Crippen LogP contribution in [0.25, 0.3) is 10.8 Å². The fourth-order valence-electron chi connectivity index (χ4n) is 2.18. The lowest BCUT2D eigenvalue weighted by atomic mass is 10.00. The van der Waals surface area contributed by atoms with Crippen molar-refractivity contribution in [1.82, 2.24) is 9.97 Å². The predicted molar refractivity (Wildman–Crippen MR) is 99.7 cm³/mol. The van der Waals surface area contributed by atoms with Gasteiger partial charge in [-0.2, -0.15) is 5.26 Å². The minimum atomic E-state index is -1.62. The molecule has 0 bridgehead atoms. The molecule has 0 radical (unpaired) electrons. The van der Waals surface area contributed by atoms with Gasteiger partial charge in [0.15, 0.2) is 0 Å². The summed E-state index contributed by atoms with van der Waals surface area (Å²) in [4.78, 5) is 8.54. The first-order chi connectivity index (χ1) is 11.9. The summed E-state index contributed by atoms with van der Waals surface area (Å²) in [5, 5.41) is 10.8. The Morgan fingerprint density at radius 3 is 2.64 bits per heavy atom. The maximum absolute atomic E-state index is 9.25. The van der Waals surface area contributed by atoms with Crippen molar-refractivity contribution in [3.8, 4) is 23.4 Å². The molecular weight excluding hydrogens is 332 g/mol. The molecule has 0 saturated heterocycles. The topological polar surface area (TPSA) is 94.1 Å². The van der Waals surface area contributed by atoms with Crippen LogP contribution in [0.2, 0.25) is 19.6 Å². The summed E-state index contributed by atoms with van der Waals surface area (Å²) in [7, 11) is -0.0124. The lowest BCUT2D eigenvalue weighted by Gasteiger charge is -2.13. The fourth-order valence-corrected chi connectivity index (χ4v) is 2.68. The molecule has 130 valence electrons. The molecule has 0 fully saturated rings. The normalized spacial score (nSPS) is 12.2. The maximum Gasteiger partial charge on any atom is 0.230 e. The van der Waals surface area contributed by atoms with Gasteiger partial charge in [-0.25, -0.2) is 4.98 Å². The number of pyridine rings is 2. The Bertz CT molecular complexity index is 859. The van der Waals surface area contributed by atoms with Gasteiger partial charge in [0, 0.05) is 42.0 Å². The highest BCUT2D eigenvalue weighted by molar-refractivity contribution is 6.83. The molecule has 0 amide bonds. The van der Waals surface area contributed by atoms with Gasteiger partial charge in [-0.05, 0) is 0 Å². The smallest absolute Gasteiger partial charge is 0.230 e. The number of fused-ring (bicyclic) bond motifs is 1. The van der Waals surface area contributed by atoms with E-state index >= 15 is 0 Å². The van der Waals surface area contributed by atoms with Crippen LogP contribution in [0.1, 0.15) is 17.2 Å². The summed E-state index contributed by atoms with van der Waals surface area (Å²) in [5.74, 6) is 3.66. The molecule has 2 heterocycles. The van der Waals surface area contributed by atoms with Crippen molar-refractivity contribution in [1.29, 1.82) is 5.26 Å². The van der Waals surface area contributed by atoms with Crippen molar-refractivity contribution in [2.75, 3.05) is 20.3 Å². The molecule has 0 aliphatic heterocycles. The fraction of sp³-hybridized carbons (Fsp3) is 0.389. The first-order valence-corrected chi connectivity index (χ1v) is 11.4. The molecule has 2 aromatic rings. The monoisotopic (exact) mass is 354 g/mol. The van der Waals surface area contributed by atoms with E-state index in [4.69, 9.17) is 15.2 Å². The van der Waals surface area contributed by atoms with Crippen LogP contribution in [0.4, 0.5) is 0 Å². The van der Waals surface area contributed by atoms with Gasteiger partial charge in [0.25, 0.3) is 0 Å². The number of nitrogens with zero attached hydrogens (tertiary/aromatic N) is 3. The number of hydrogen-bond donors (Lipinski definition) is 1. The van der Waals surface area contributed by atoms with Crippen molar-refractivity contribution in [3.05, 3.63) is 29.7 Å². The molecule has 2 rings (SSSR count). The molecule has 2 N–H and O–H groups in total. The Morgan fingerprint density at radius 1 is 1.24 bits per heavy atom. The second-order valence-electron chi connectivity index (χ2n) is 6.58. The van der Waals surface area contributed by atoms with E-state index in [9.17, 15) is 5.26 Å². The van der Waals surface area contributed by atoms with Crippen LogP contribution >= 0.6 is 0 Å². The first-order valence-electron chi connectivity index (χ1n) is 7.94. The first kappa shape index (κ1) is 18.9. The van der Waals surface area contributed by atoms with Crippen molar-refractivity contribution >= 4 is 18.8 Å². The van der Waals surface area contributed by atoms with Gasteiger partial charge in [-0.15, -0.1) is 5.54 Å². The zero-order valence-electron chi connectivity index (χ0n) is 15.0. The molecule has 6 nitrogen and oxygen atoms in total. The average Bonchev–Trinajstić information content (AvgIpc) is 2.58. The summed E-state index contributed by atoms with van der Waals surface area (Å²) in [6, 6.07) is 1.27. The van der Waals surface area contributed by atoms with Crippen LogP contribution in [-0.2, 0) is 4.74 Å². The number of aromatic nitrogens is 2. The standard InChI is InChI=1S/C18H22N4O2Si/c1-23-6-7-24-18-14(5-8-25(2,3)4)17-13(11-22-18)10-21-12-15(17)16(20)9-19/h10-12,16H,6-7,20H2,1-4H3. The molecule has 0 spiro atoms. The molecule has 1 atom stereocenters. The maximum atomic E-state index is 9.25. The molecule has 1 unspecified atom stereocenters. The van der Waals surface area contributed by atoms with Crippen LogP contribution < -0.4 is 10.5 Å². The minimum absolute atomic E-state index is 0.362. The lowest BCUT2D eigenvalue weighted by molar-refractivity contribution is 0.143. The number of rotatable bonds is 5. The number of nitriles is 1. The molecular formula is C18H22N4O2Si. The largest absolute Gasteiger partial charge is 0.474 e. The highest BCUT2D eigenvalue weighted by Crippen LogP contribution is 2.30. The second kappa shape index (κ2) is 8.08. The zero-order chi connectivity index (χ0) is 18.4. The number of hydrogen-bond acceptors (Lipinski definition) is 6. The zero-order valence-corrected chi connectivity index (χ0v) is 16.0. The summed E-state index contributed by atoms with van der Waals surface area (Å²) < 4.78 is 10.8. The van der Waals surface area contributed by atoms with E-state index in [0.29, 0.717) is 30.2 Å². The summed E-state index contributed by atoms with van der Waals surface area (Å²) in [6.45, 7) is 7.29. The van der Waals surface area contributed by atoms with E-state index in [-0.39, 0.29) is 0 Å². The van der Waals surface area contributed by atoms with E-state index in [0.717, 1.165) is 10.8 Å². The van der Waals surface area contributed by atoms with Crippen molar-refractivity contribution in [3.63, 3.8) is 0 Å². The van der Waals surface area contributed by atoms with Gasteiger partial charge in [-0.3, -0.25) is 4.98 Å². The van der Waals surface area contributed by atoms with Crippen molar-refractivity contribution < 1.29 is 9.47 Å². The Labute approximate surface area is 149 Å². The molecule has 0 saturated carbocycles. The van der Waals surface area contributed by atoms with Gasteiger partial charge in [0.1, 0.15) is 20.7 Å². The Balaban J connectivity index is 2.71. The summed E-state index contributed by atoms with van der Waals surface area (Å²) in [6.07, 6.45) is 4.96. The predicted octanol–water partition coefficient (Wildman–Crippen LogP) is 2.41. The summed E-state index contributed by atoms with van der Waals surface area (Å²) in [5.41, 5.74) is 10.6. The van der Waals surface area contributed by atoms with Crippen LogP contribution in [0.3, 0.4) is 0 Å². The van der Waals surface area contributed by atoms with Gasteiger partial charge < -0.3 is 15.2 Å². The van der Waals surface area contributed by atoms with Crippen LogP contribution in [0.5, 0.6) is 5.88 Å². The molecule has 0 aliphatic rings. The van der Waals surface area contributed by atoms with Gasteiger partial charge >= 0.3 is 0 Å². The molecule has 2 aromatic heterocycles. The quantitative estimate of drug-likeness (QED) is 0.503. The van der Waals surface area contributed by atoms with Crippen LogP contribution in [-0.4, -0.2) is 38.4 Å².